The summed E-state index contributed by atoms with van der Waals surface area (Å²) in [5, 5.41) is 0. The minimum Gasteiger partial charge on any atom is -0.481 e. The van der Waals surface area contributed by atoms with Crippen molar-refractivity contribution in [1.82, 2.24) is 0 Å². The number of hydrogen-bond acceptors (Lipinski definition) is 2. The number of hydrogen-bond donors (Lipinski definition) is 0. The summed E-state index contributed by atoms with van der Waals surface area (Å²) in [5.74, 6) is 1.70. The van der Waals surface area contributed by atoms with Gasteiger partial charge in [-0.25, -0.2) is 0 Å². The molecule has 0 N–H and O–H groups in total. The minimum absolute atomic E-state index is 0.182. The standard InChI is InChI=1S/C26H19O2/c1-3-11-19(12-4-1)27-25-21-15-7-9-17-23(21)26(24-18-10-8-16-22(24)25)28-20-13-5-2-6-14-20/h1-9,11-18,25-26H. The normalized spacial score (nSPS) is 17.3. The lowest BCUT2D eigenvalue weighted by Gasteiger charge is -2.34. The molecule has 0 aliphatic heterocycles. The van der Waals surface area contributed by atoms with Gasteiger partial charge in [-0.2, -0.15) is 0 Å². The summed E-state index contributed by atoms with van der Waals surface area (Å²) in [5.41, 5.74) is 4.46. The molecular formula is C26H19O2. The van der Waals surface area contributed by atoms with Gasteiger partial charge in [0.2, 0.25) is 0 Å². The zero-order valence-electron chi connectivity index (χ0n) is 15.3. The van der Waals surface area contributed by atoms with Gasteiger partial charge < -0.3 is 9.47 Å². The first-order chi connectivity index (χ1) is 13.9. The summed E-state index contributed by atoms with van der Waals surface area (Å²) in [4.78, 5) is 0. The molecule has 0 bridgehead atoms. The van der Waals surface area contributed by atoms with Crippen molar-refractivity contribution in [2.45, 2.75) is 12.2 Å². The first-order valence-electron chi connectivity index (χ1n) is 9.42. The maximum atomic E-state index is 6.44. The summed E-state index contributed by atoms with van der Waals surface area (Å²) < 4.78 is 12.9. The largest absolute Gasteiger partial charge is 0.481 e. The van der Waals surface area contributed by atoms with E-state index in [1.807, 2.05) is 72.8 Å². The van der Waals surface area contributed by atoms with E-state index in [4.69, 9.17) is 9.47 Å². The van der Waals surface area contributed by atoms with Crippen molar-refractivity contribution in [1.29, 1.82) is 0 Å². The number of fused-ring (bicyclic) bond motifs is 2. The maximum Gasteiger partial charge on any atom is 0.150 e. The van der Waals surface area contributed by atoms with Gasteiger partial charge in [-0.05, 0) is 36.4 Å². The third-order valence-electron chi connectivity index (χ3n) is 5.05. The smallest absolute Gasteiger partial charge is 0.150 e. The van der Waals surface area contributed by atoms with Crippen LogP contribution in [0, 0.1) is 6.07 Å². The molecule has 0 heterocycles. The Balaban J connectivity index is 1.62. The van der Waals surface area contributed by atoms with E-state index in [-0.39, 0.29) is 12.2 Å². The molecule has 1 aliphatic rings. The van der Waals surface area contributed by atoms with Gasteiger partial charge in [0, 0.05) is 22.3 Å². The molecule has 0 saturated heterocycles. The molecular weight excluding hydrogens is 344 g/mol. The molecule has 0 amide bonds. The van der Waals surface area contributed by atoms with Crippen LogP contribution in [0.1, 0.15) is 34.5 Å². The van der Waals surface area contributed by atoms with Crippen LogP contribution >= 0.6 is 0 Å². The van der Waals surface area contributed by atoms with Crippen molar-refractivity contribution in [2.75, 3.05) is 0 Å². The molecule has 2 unspecified atom stereocenters. The van der Waals surface area contributed by atoms with Gasteiger partial charge in [0.1, 0.15) is 23.7 Å². The van der Waals surface area contributed by atoms with Crippen LogP contribution in [-0.4, -0.2) is 0 Å². The fraction of sp³-hybridized carbons (Fsp3) is 0.0769. The first kappa shape index (κ1) is 16.6. The van der Waals surface area contributed by atoms with Gasteiger partial charge in [0.05, 0.1) is 0 Å². The Morgan fingerprint density at radius 1 is 0.500 bits per heavy atom. The highest BCUT2D eigenvalue weighted by Gasteiger charge is 2.34. The molecule has 0 spiro atoms. The monoisotopic (exact) mass is 363 g/mol. The molecule has 2 heteroatoms. The summed E-state index contributed by atoms with van der Waals surface area (Å²) >= 11 is 0. The van der Waals surface area contributed by atoms with Crippen LogP contribution in [0.15, 0.2) is 103 Å². The zero-order valence-corrected chi connectivity index (χ0v) is 15.3. The molecule has 5 rings (SSSR count). The topological polar surface area (TPSA) is 18.5 Å². The van der Waals surface area contributed by atoms with Gasteiger partial charge in [-0.3, -0.25) is 0 Å². The summed E-state index contributed by atoms with van der Waals surface area (Å²) in [6, 6.07) is 37.5. The summed E-state index contributed by atoms with van der Waals surface area (Å²) in [7, 11) is 0. The number of rotatable bonds is 4. The zero-order chi connectivity index (χ0) is 18.8. The van der Waals surface area contributed by atoms with Crippen LogP contribution in [0.25, 0.3) is 0 Å². The number of para-hydroxylation sites is 2. The van der Waals surface area contributed by atoms with Crippen LogP contribution in [0.4, 0.5) is 0 Å². The Labute approximate surface area is 165 Å². The van der Waals surface area contributed by atoms with Gasteiger partial charge in [-0.15, -0.1) is 0 Å². The lowest BCUT2D eigenvalue weighted by molar-refractivity contribution is 0.201. The molecule has 28 heavy (non-hydrogen) atoms. The molecule has 135 valence electrons. The Hall–Kier alpha value is -3.52. The first-order valence-corrected chi connectivity index (χ1v) is 9.42. The second-order valence-electron chi connectivity index (χ2n) is 6.81. The average Bonchev–Trinajstić information content (AvgIpc) is 2.77. The van der Waals surface area contributed by atoms with Crippen LogP contribution in [0.3, 0.4) is 0 Å². The van der Waals surface area contributed by atoms with E-state index in [0.29, 0.717) is 0 Å². The van der Waals surface area contributed by atoms with Gasteiger partial charge in [0.25, 0.3) is 0 Å². The van der Waals surface area contributed by atoms with E-state index in [1.54, 1.807) is 0 Å². The molecule has 0 saturated carbocycles. The molecule has 2 nitrogen and oxygen atoms in total. The van der Waals surface area contributed by atoms with Crippen molar-refractivity contribution in [3.05, 3.63) is 131 Å². The fourth-order valence-corrected chi connectivity index (χ4v) is 3.77. The van der Waals surface area contributed by atoms with Gasteiger partial charge >= 0.3 is 0 Å². The van der Waals surface area contributed by atoms with Crippen LogP contribution in [0.5, 0.6) is 11.5 Å². The second kappa shape index (κ2) is 7.24. The van der Waals surface area contributed by atoms with Crippen LogP contribution in [-0.2, 0) is 0 Å². The minimum atomic E-state index is -0.193. The van der Waals surface area contributed by atoms with Crippen molar-refractivity contribution in [2.24, 2.45) is 0 Å². The predicted molar refractivity (Wildman–Crippen MR) is 110 cm³/mol. The summed E-state index contributed by atoms with van der Waals surface area (Å²) in [6.07, 6.45) is -0.375. The highest BCUT2D eigenvalue weighted by Crippen LogP contribution is 2.44. The highest BCUT2D eigenvalue weighted by molar-refractivity contribution is 5.51. The number of ether oxygens (including phenoxy) is 2. The Morgan fingerprint density at radius 2 is 0.964 bits per heavy atom. The highest BCUT2D eigenvalue weighted by atomic mass is 16.5. The SMILES string of the molecule is [c]1ccc2c(c1)C(Oc1ccccc1)c1ccccc1C2Oc1ccccc1. The van der Waals surface area contributed by atoms with Crippen molar-refractivity contribution in [3.63, 3.8) is 0 Å². The van der Waals surface area contributed by atoms with E-state index < -0.39 is 0 Å². The second-order valence-corrected chi connectivity index (χ2v) is 6.81. The number of benzene rings is 4. The molecule has 4 aromatic rings. The molecule has 0 aromatic heterocycles. The predicted octanol–water partition coefficient (Wildman–Crippen LogP) is 6.14. The lowest BCUT2D eigenvalue weighted by Crippen LogP contribution is -2.24. The Morgan fingerprint density at radius 3 is 1.54 bits per heavy atom. The lowest BCUT2D eigenvalue weighted by atomic mass is 9.81. The van der Waals surface area contributed by atoms with Crippen molar-refractivity contribution in [3.8, 4) is 11.5 Å². The fourth-order valence-electron chi connectivity index (χ4n) is 3.77. The van der Waals surface area contributed by atoms with E-state index >= 15 is 0 Å². The van der Waals surface area contributed by atoms with Gasteiger partial charge in [-0.1, -0.05) is 72.8 Å². The quantitative estimate of drug-likeness (QED) is 0.434. The van der Waals surface area contributed by atoms with Gasteiger partial charge in [0.15, 0.2) is 0 Å². The third-order valence-corrected chi connectivity index (χ3v) is 5.05. The Bertz CT molecular complexity index is 939. The van der Waals surface area contributed by atoms with E-state index in [0.717, 1.165) is 33.8 Å². The van der Waals surface area contributed by atoms with Crippen molar-refractivity contribution >= 4 is 0 Å². The Kier molecular flexibility index (Phi) is 4.30. The third kappa shape index (κ3) is 3.03. The van der Waals surface area contributed by atoms with E-state index in [2.05, 4.69) is 36.4 Å². The van der Waals surface area contributed by atoms with Crippen molar-refractivity contribution < 1.29 is 9.47 Å². The average molecular weight is 363 g/mol. The van der Waals surface area contributed by atoms with E-state index in [9.17, 15) is 0 Å². The molecule has 1 aliphatic carbocycles. The molecule has 2 atom stereocenters. The maximum absolute atomic E-state index is 6.44. The molecule has 1 radical (unpaired) electrons. The van der Waals surface area contributed by atoms with E-state index in [1.165, 1.54) is 0 Å². The van der Waals surface area contributed by atoms with Crippen LogP contribution < -0.4 is 9.47 Å². The summed E-state index contributed by atoms with van der Waals surface area (Å²) in [6.45, 7) is 0. The molecule has 0 fully saturated rings. The van der Waals surface area contributed by atoms with Crippen LogP contribution in [0.2, 0.25) is 0 Å². The molecule has 4 aromatic carbocycles.